The molecule has 2 aliphatic carbocycles. The van der Waals surface area contributed by atoms with E-state index in [0.717, 1.165) is 30.6 Å². The molecule has 1 aromatic heterocycles. The molecule has 0 aromatic carbocycles. The molecule has 4 heteroatoms. The molecule has 19 heavy (non-hydrogen) atoms. The second-order valence-electron chi connectivity index (χ2n) is 7.31. The van der Waals surface area contributed by atoms with Crippen molar-refractivity contribution in [1.29, 1.82) is 0 Å². The zero-order chi connectivity index (χ0) is 13.6. The number of hydrogen-bond acceptors (Lipinski definition) is 3. The molecule has 0 saturated heterocycles. The van der Waals surface area contributed by atoms with Crippen LogP contribution in [0.5, 0.6) is 0 Å². The van der Waals surface area contributed by atoms with Crippen molar-refractivity contribution in [3.8, 4) is 0 Å². The van der Waals surface area contributed by atoms with Crippen LogP contribution in [0.25, 0.3) is 0 Å². The van der Waals surface area contributed by atoms with Crippen LogP contribution < -0.4 is 5.32 Å². The van der Waals surface area contributed by atoms with Gasteiger partial charge in [-0.3, -0.25) is 4.68 Å². The van der Waals surface area contributed by atoms with E-state index in [1.54, 1.807) is 0 Å². The fraction of sp³-hybridized carbons (Fsp3) is 0.867. The Balaban J connectivity index is 1.60. The first kappa shape index (κ1) is 13.1. The van der Waals surface area contributed by atoms with E-state index in [2.05, 4.69) is 36.4 Å². The molecular formula is C15H26N4. The molecule has 1 heterocycles. The van der Waals surface area contributed by atoms with Gasteiger partial charge in [-0.05, 0) is 70.8 Å². The highest BCUT2D eigenvalue weighted by Gasteiger charge is 2.49. The standard InChI is InChI=1S/C15H26N4/c1-15(2,3)16-9-12-10-5-7-13-14(8-6-11(10)12)19(4)18-17-13/h10-12,16H,5-9H2,1-4H3/t10-,11+,12-/m0/s1. The highest BCUT2D eigenvalue weighted by molar-refractivity contribution is 5.15. The Morgan fingerprint density at radius 1 is 1.21 bits per heavy atom. The van der Waals surface area contributed by atoms with Crippen molar-refractivity contribution in [2.75, 3.05) is 6.54 Å². The van der Waals surface area contributed by atoms with Crippen LogP contribution in [0.15, 0.2) is 0 Å². The molecule has 0 aliphatic heterocycles. The lowest BCUT2D eigenvalue weighted by Gasteiger charge is -2.20. The molecule has 1 fully saturated rings. The third kappa shape index (κ3) is 2.69. The predicted molar refractivity (Wildman–Crippen MR) is 75.9 cm³/mol. The van der Waals surface area contributed by atoms with Crippen molar-refractivity contribution in [2.45, 2.75) is 52.0 Å². The third-order valence-electron chi connectivity index (χ3n) is 4.83. The van der Waals surface area contributed by atoms with Crippen molar-refractivity contribution in [2.24, 2.45) is 24.8 Å². The number of nitrogens with zero attached hydrogens (tertiary/aromatic N) is 3. The van der Waals surface area contributed by atoms with E-state index >= 15 is 0 Å². The lowest BCUT2D eigenvalue weighted by Crippen LogP contribution is -2.37. The number of nitrogens with one attached hydrogen (secondary N) is 1. The van der Waals surface area contributed by atoms with E-state index in [-0.39, 0.29) is 5.54 Å². The maximum absolute atomic E-state index is 4.32. The Labute approximate surface area is 116 Å². The van der Waals surface area contributed by atoms with Crippen LogP contribution in [0, 0.1) is 17.8 Å². The summed E-state index contributed by atoms with van der Waals surface area (Å²) >= 11 is 0. The molecule has 3 rings (SSSR count). The molecule has 1 saturated carbocycles. The van der Waals surface area contributed by atoms with Crippen LogP contribution in [0.2, 0.25) is 0 Å². The minimum absolute atomic E-state index is 0.242. The number of hydrogen-bond donors (Lipinski definition) is 1. The van der Waals surface area contributed by atoms with Crippen LogP contribution in [0.3, 0.4) is 0 Å². The number of aromatic nitrogens is 3. The average Bonchev–Trinajstić information content (AvgIpc) is 2.83. The van der Waals surface area contributed by atoms with Gasteiger partial charge >= 0.3 is 0 Å². The fourth-order valence-corrected chi connectivity index (χ4v) is 3.63. The molecule has 2 aliphatic rings. The number of aryl methyl sites for hydroxylation is 2. The molecule has 1 N–H and O–H groups in total. The monoisotopic (exact) mass is 262 g/mol. The second-order valence-corrected chi connectivity index (χ2v) is 7.31. The fourth-order valence-electron chi connectivity index (χ4n) is 3.63. The smallest absolute Gasteiger partial charge is 0.0859 e. The van der Waals surface area contributed by atoms with Gasteiger partial charge in [-0.15, -0.1) is 5.10 Å². The highest BCUT2D eigenvalue weighted by atomic mass is 15.4. The molecule has 0 spiro atoms. The van der Waals surface area contributed by atoms with Crippen LogP contribution in [0.1, 0.15) is 45.0 Å². The maximum atomic E-state index is 4.32. The van der Waals surface area contributed by atoms with Gasteiger partial charge in [-0.25, -0.2) is 0 Å². The summed E-state index contributed by atoms with van der Waals surface area (Å²) in [7, 11) is 2.02. The molecule has 0 unspecified atom stereocenters. The van der Waals surface area contributed by atoms with Crippen molar-refractivity contribution < 1.29 is 0 Å². The molecular weight excluding hydrogens is 236 g/mol. The van der Waals surface area contributed by atoms with Gasteiger partial charge in [0.2, 0.25) is 0 Å². The molecule has 0 amide bonds. The van der Waals surface area contributed by atoms with Gasteiger partial charge in [0.25, 0.3) is 0 Å². The first-order valence-corrected chi connectivity index (χ1v) is 7.58. The number of rotatable bonds is 2. The zero-order valence-corrected chi connectivity index (χ0v) is 12.6. The average molecular weight is 262 g/mol. The van der Waals surface area contributed by atoms with Crippen molar-refractivity contribution in [1.82, 2.24) is 20.3 Å². The third-order valence-corrected chi connectivity index (χ3v) is 4.83. The van der Waals surface area contributed by atoms with Gasteiger partial charge in [0.15, 0.2) is 0 Å². The Kier molecular flexibility index (Phi) is 3.16. The highest BCUT2D eigenvalue weighted by Crippen LogP contribution is 2.52. The van der Waals surface area contributed by atoms with Gasteiger partial charge in [-0.1, -0.05) is 5.21 Å². The van der Waals surface area contributed by atoms with E-state index < -0.39 is 0 Å². The van der Waals surface area contributed by atoms with E-state index in [0.29, 0.717) is 0 Å². The summed E-state index contributed by atoms with van der Waals surface area (Å²) in [6.07, 6.45) is 4.89. The van der Waals surface area contributed by atoms with E-state index in [4.69, 9.17) is 0 Å². The first-order valence-electron chi connectivity index (χ1n) is 7.58. The Bertz CT molecular complexity index is 457. The number of fused-ring (bicyclic) bond motifs is 2. The van der Waals surface area contributed by atoms with Gasteiger partial charge in [0.05, 0.1) is 11.4 Å². The summed E-state index contributed by atoms with van der Waals surface area (Å²) < 4.78 is 1.97. The summed E-state index contributed by atoms with van der Waals surface area (Å²) in [4.78, 5) is 0. The van der Waals surface area contributed by atoms with Crippen molar-refractivity contribution in [3.05, 3.63) is 11.4 Å². The summed E-state index contributed by atoms with van der Waals surface area (Å²) in [6, 6.07) is 0. The lowest BCUT2D eigenvalue weighted by atomic mass is 10.0. The van der Waals surface area contributed by atoms with Gasteiger partial charge in [0, 0.05) is 12.6 Å². The normalized spacial score (nSPS) is 30.2. The molecule has 3 atom stereocenters. The van der Waals surface area contributed by atoms with Gasteiger partial charge < -0.3 is 5.32 Å². The summed E-state index contributed by atoms with van der Waals surface area (Å²) in [5.41, 5.74) is 2.86. The van der Waals surface area contributed by atoms with Crippen LogP contribution in [-0.2, 0) is 19.9 Å². The van der Waals surface area contributed by atoms with E-state index in [1.165, 1.54) is 30.8 Å². The Morgan fingerprint density at radius 2 is 1.89 bits per heavy atom. The second kappa shape index (κ2) is 4.58. The molecule has 106 valence electrons. The van der Waals surface area contributed by atoms with Gasteiger partial charge in [0.1, 0.15) is 0 Å². The summed E-state index contributed by atoms with van der Waals surface area (Å²) in [5.74, 6) is 2.74. The van der Waals surface area contributed by atoms with Crippen LogP contribution >= 0.6 is 0 Å². The van der Waals surface area contributed by atoms with E-state index in [1.807, 2.05) is 11.7 Å². The summed E-state index contributed by atoms with van der Waals surface area (Å²) in [5, 5.41) is 12.2. The summed E-state index contributed by atoms with van der Waals surface area (Å²) in [6.45, 7) is 7.94. The molecule has 1 aromatic rings. The van der Waals surface area contributed by atoms with Crippen LogP contribution in [-0.4, -0.2) is 27.1 Å². The lowest BCUT2D eigenvalue weighted by molar-refractivity contribution is 0.403. The molecule has 0 bridgehead atoms. The van der Waals surface area contributed by atoms with Gasteiger partial charge in [-0.2, -0.15) is 0 Å². The Hall–Kier alpha value is -0.900. The SMILES string of the molecule is Cn1nnc2c1CC[C@@H]1[C@H](CC2)[C@@H]1CNC(C)(C)C. The van der Waals surface area contributed by atoms with Crippen LogP contribution in [0.4, 0.5) is 0 Å². The topological polar surface area (TPSA) is 42.7 Å². The van der Waals surface area contributed by atoms with Crippen molar-refractivity contribution >= 4 is 0 Å². The molecule has 4 nitrogen and oxygen atoms in total. The predicted octanol–water partition coefficient (Wildman–Crippen LogP) is 1.94. The first-order chi connectivity index (χ1) is 8.96. The zero-order valence-electron chi connectivity index (χ0n) is 12.6. The Morgan fingerprint density at radius 3 is 2.58 bits per heavy atom. The molecule has 0 radical (unpaired) electrons. The van der Waals surface area contributed by atoms with Crippen molar-refractivity contribution in [3.63, 3.8) is 0 Å². The maximum Gasteiger partial charge on any atom is 0.0859 e. The van der Waals surface area contributed by atoms with E-state index in [9.17, 15) is 0 Å². The quantitative estimate of drug-likeness (QED) is 0.886. The minimum Gasteiger partial charge on any atom is -0.312 e. The minimum atomic E-state index is 0.242. The largest absolute Gasteiger partial charge is 0.312 e.